The highest BCUT2D eigenvalue weighted by molar-refractivity contribution is 5.96. The van der Waals surface area contributed by atoms with Crippen LogP contribution in [0.2, 0.25) is 0 Å². The van der Waals surface area contributed by atoms with E-state index in [2.05, 4.69) is 64.6 Å². The second-order valence-electron chi connectivity index (χ2n) is 32.5. The van der Waals surface area contributed by atoms with Crippen molar-refractivity contribution >= 4 is 85.3 Å². The van der Waals surface area contributed by atoms with Gasteiger partial charge in [-0.3, -0.25) is 29.3 Å². The van der Waals surface area contributed by atoms with Gasteiger partial charge < -0.3 is 46.6 Å². The van der Waals surface area contributed by atoms with Gasteiger partial charge in [-0.1, -0.05) is 61.3 Å². The third kappa shape index (κ3) is 16.7. The highest BCUT2D eigenvalue weighted by Gasteiger charge is 2.39. The minimum Gasteiger partial charge on any atom is -0.396 e. The van der Waals surface area contributed by atoms with Gasteiger partial charge in [0.15, 0.2) is 104 Å². The molecule has 3 amide bonds. The van der Waals surface area contributed by atoms with E-state index in [9.17, 15) is 68.3 Å². The van der Waals surface area contributed by atoms with Crippen molar-refractivity contribution in [3.8, 4) is 50.8 Å². The number of nitrogens with zero attached hydrogens (tertiary/aromatic N) is 18. The second-order valence-corrected chi connectivity index (χ2v) is 32.5. The van der Waals surface area contributed by atoms with E-state index in [0.29, 0.717) is 33.8 Å². The van der Waals surface area contributed by atoms with Crippen LogP contribution in [0.15, 0.2) is 107 Å². The van der Waals surface area contributed by atoms with Gasteiger partial charge in [0.05, 0.1) is 84.1 Å². The summed E-state index contributed by atoms with van der Waals surface area (Å²) in [6, 6.07) is 6.42. The molecule has 0 radical (unpaired) electrons. The van der Waals surface area contributed by atoms with Crippen molar-refractivity contribution in [2.45, 2.75) is 119 Å². The van der Waals surface area contributed by atoms with Crippen molar-refractivity contribution in [1.29, 1.82) is 0 Å². The molecule has 27 nitrogen and oxygen atoms in total. The fourth-order valence-electron chi connectivity index (χ4n) is 16.4. The number of nitrogen functional groups attached to an aromatic ring is 3. The fourth-order valence-corrected chi connectivity index (χ4v) is 16.4. The average Bonchev–Trinajstić information content (AvgIpc) is 0.735. The van der Waals surface area contributed by atoms with Crippen LogP contribution in [0.25, 0.3) is 83.9 Å². The van der Waals surface area contributed by atoms with E-state index in [-0.39, 0.29) is 162 Å². The van der Waals surface area contributed by atoms with E-state index < -0.39 is 173 Å². The highest BCUT2D eigenvalue weighted by atomic mass is 19.2. The first-order chi connectivity index (χ1) is 62.3. The Morgan fingerprint density at radius 3 is 0.803 bits per heavy atom. The molecule has 0 unspecified atom stereocenters. The zero-order chi connectivity index (χ0) is 96.6. The van der Waals surface area contributed by atoms with Crippen molar-refractivity contribution in [3.63, 3.8) is 0 Å². The topological polar surface area (TPSA) is 331 Å². The zero-order valence-electron chi connectivity index (χ0n) is 72.8. The number of hydrogen-bond acceptors (Lipinski definition) is 21. The number of carbonyl (C=O) groups excluding carboxylic acids is 3. The number of carbonyl (C=O) groups is 3. The number of hydrogen-bond donors (Lipinski definition) is 3. The van der Waals surface area contributed by atoms with Gasteiger partial charge >= 0.3 is 17.1 Å². The molecule has 690 valence electrons. The summed E-state index contributed by atoms with van der Waals surface area (Å²) in [4.78, 5) is 127. The van der Waals surface area contributed by atoms with Crippen LogP contribution in [0.4, 0.5) is 100 Å². The lowest BCUT2D eigenvalue weighted by Gasteiger charge is -2.40. The molecule has 12 heterocycles. The lowest BCUT2D eigenvalue weighted by Crippen LogP contribution is -2.54. The van der Waals surface area contributed by atoms with Gasteiger partial charge in [-0.25, -0.2) is 109 Å². The van der Waals surface area contributed by atoms with Crippen LogP contribution < -0.4 is 49.0 Å². The van der Waals surface area contributed by atoms with E-state index >= 15 is 26.3 Å². The molecule has 0 saturated carbocycles. The van der Waals surface area contributed by atoms with Gasteiger partial charge in [0, 0.05) is 95.6 Å². The third-order valence-corrected chi connectivity index (χ3v) is 23.0. The van der Waals surface area contributed by atoms with Crippen molar-refractivity contribution < 1.29 is 80.2 Å². The Hall–Kier alpha value is -14.6. The van der Waals surface area contributed by atoms with Gasteiger partial charge in [0.25, 0.3) is 0 Å². The minimum atomic E-state index is -2.20. The number of piperazine rings is 3. The van der Waals surface area contributed by atoms with Crippen molar-refractivity contribution in [1.82, 2.24) is 73.3 Å². The number of amides is 3. The van der Waals surface area contributed by atoms with Crippen molar-refractivity contribution in [2.75, 3.05) is 90.8 Å². The molecule has 3 aromatic carbocycles. The zero-order valence-corrected chi connectivity index (χ0v) is 72.8. The minimum absolute atomic E-state index is 0.00110. The van der Waals surface area contributed by atoms with Crippen LogP contribution in [0, 0.1) is 108 Å². The molecule has 3 aliphatic rings. The number of aryl methyl sites for hydroxylation is 3. The summed E-state index contributed by atoms with van der Waals surface area (Å²) < 4.78 is 224. The Morgan fingerprint density at radius 1 is 0.364 bits per heavy atom. The summed E-state index contributed by atoms with van der Waals surface area (Å²) in [6.07, 6.45) is 8.21. The largest absolute Gasteiger partial charge is 0.396 e. The Balaban J connectivity index is 0.000000168. The van der Waals surface area contributed by atoms with Crippen LogP contribution in [-0.4, -0.2) is 168 Å². The van der Waals surface area contributed by atoms with Crippen LogP contribution in [0.1, 0.15) is 114 Å². The molecule has 6 N–H and O–H groups in total. The van der Waals surface area contributed by atoms with E-state index in [1.165, 1.54) is 18.2 Å². The molecular weight excluding hydrogens is 1760 g/mol. The fraction of sp³-hybridized carbons (Fsp3) is 0.300. The molecule has 9 aromatic heterocycles. The molecule has 3 fully saturated rings. The number of benzene rings is 3. The first-order valence-electron chi connectivity index (χ1n) is 41.0. The summed E-state index contributed by atoms with van der Waals surface area (Å²) in [5.74, 6) is -29.9. The number of nitrogens with two attached hydrogens (primary N) is 3. The van der Waals surface area contributed by atoms with Crippen molar-refractivity contribution in [3.05, 3.63) is 245 Å². The molecule has 132 heavy (non-hydrogen) atoms. The monoisotopic (exact) mass is 1840 g/mol. The van der Waals surface area contributed by atoms with Crippen LogP contribution in [0.5, 0.6) is 0 Å². The second kappa shape index (κ2) is 37.1. The summed E-state index contributed by atoms with van der Waals surface area (Å²) in [5, 5.41) is 0.00331. The molecule has 15 rings (SSSR count). The average molecular weight is 1840 g/mol. The predicted octanol–water partition coefficient (Wildman–Crippen LogP) is 14.3. The quantitative estimate of drug-likeness (QED) is 0.0282. The summed E-state index contributed by atoms with van der Waals surface area (Å²) in [7, 11) is 0. The van der Waals surface area contributed by atoms with Crippen LogP contribution >= 0.6 is 0 Å². The van der Waals surface area contributed by atoms with Gasteiger partial charge in [0.1, 0.15) is 34.5 Å². The standard InChI is InChI=1S/3C30H28F5N7O2/c3*1-6-18(43)40-9-10-41(15(5)12-40)28-16-11-17(31)26(19-20(32)21(33)22(34)23(35)24(19)36)38-29(16)42(30(44)39-28)27-14(4)7-8-37-25(27)13(2)3/h3*6-8,11,13,15H,1,9-10,12,36H2,2-5H3/t3*15-/m000/s1. The van der Waals surface area contributed by atoms with E-state index in [1.54, 1.807) is 108 Å². The molecule has 0 bridgehead atoms. The molecule has 3 atom stereocenters. The maximum absolute atomic E-state index is 15.9. The summed E-state index contributed by atoms with van der Waals surface area (Å²) >= 11 is 0. The van der Waals surface area contributed by atoms with Crippen LogP contribution in [-0.2, 0) is 14.4 Å². The van der Waals surface area contributed by atoms with Gasteiger partial charge in [-0.2, -0.15) is 15.0 Å². The van der Waals surface area contributed by atoms with E-state index in [1.807, 2.05) is 41.5 Å². The molecule has 3 saturated heterocycles. The molecule has 0 spiro atoms. The third-order valence-electron chi connectivity index (χ3n) is 23.0. The molecular formula is C90H84F15N21O6. The number of rotatable bonds is 15. The van der Waals surface area contributed by atoms with Gasteiger partial charge in [-0.05, 0) is 131 Å². The summed E-state index contributed by atoms with van der Waals surface area (Å²) in [6.45, 7) is 34.1. The lowest BCUT2D eigenvalue weighted by molar-refractivity contribution is -0.127. The normalized spacial score (nSPS) is 15.4. The Bertz CT molecular complexity index is 6290. The predicted molar refractivity (Wildman–Crippen MR) is 465 cm³/mol. The van der Waals surface area contributed by atoms with Crippen LogP contribution in [0.3, 0.4) is 0 Å². The first kappa shape index (κ1) is 95.0. The smallest absolute Gasteiger partial charge is 0.355 e. The molecule has 3 aliphatic heterocycles. The van der Waals surface area contributed by atoms with Gasteiger partial charge in [-0.15, -0.1) is 0 Å². The molecule has 12 aromatic rings. The lowest BCUT2D eigenvalue weighted by atomic mass is 10.0. The number of halogens is 15. The maximum Gasteiger partial charge on any atom is 0.355 e. The summed E-state index contributed by atoms with van der Waals surface area (Å²) in [5.41, 5.74) is 7.64. The number of aromatic nitrogens is 12. The SMILES string of the molecule is C=CC(=O)N1CCN(c2nc(=O)n(-c3c(C)ccnc3C(C)C)c3nc(-c4c(N)c(F)c(F)c(F)c4F)c(F)cc23)[C@@H](C)C1.C=CC(=O)N1CCN(c2nc(=O)n(-c3c(C)ccnc3C(C)C)c3nc(-c4c(N)c(F)c(F)c(F)c4F)c(F)cc23)[C@@H](C)C1.C=CC(=O)N1CCN(c2nc(=O)n(-c3c(C)ccnc3C(C)C)c3nc(-c4c(N)c(F)c(F)c(F)c4F)c(F)cc23)[C@@H](C)C1. The van der Waals surface area contributed by atoms with Crippen molar-refractivity contribution in [2.24, 2.45) is 0 Å². The Kier molecular flexibility index (Phi) is 26.7. The first-order valence-corrected chi connectivity index (χ1v) is 41.0. The molecule has 0 aliphatic carbocycles. The Morgan fingerprint density at radius 2 is 0.591 bits per heavy atom. The van der Waals surface area contributed by atoms with E-state index in [4.69, 9.17) is 17.2 Å². The van der Waals surface area contributed by atoms with E-state index in [0.717, 1.165) is 31.9 Å². The number of fused-ring (bicyclic) bond motifs is 3. The Labute approximate surface area is 741 Å². The number of anilines is 6. The highest BCUT2D eigenvalue weighted by Crippen LogP contribution is 2.44. The van der Waals surface area contributed by atoms with Gasteiger partial charge in [0.2, 0.25) is 17.7 Å². The maximum atomic E-state index is 15.9. The molecule has 42 heteroatoms. The number of pyridine rings is 6.